The van der Waals surface area contributed by atoms with Crippen molar-refractivity contribution in [2.75, 3.05) is 12.0 Å². The van der Waals surface area contributed by atoms with Crippen LogP contribution < -0.4 is 16.2 Å². The summed E-state index contributed by atoms with van der Waals surface area (Å²) in [4.78, 5) is 26.7. The number of hydrogen-bond acceptors (Lipinski definition) is 5. The number of nitrogens with one attached hydrogen (secondary N) is 3. The van der Waals surface area contributed by atoms with Gasteiger partial charge in [-0.3, -0.25) is 25.4 Å². The van der Waals surface area contributed by atoms with E-state index < -0.39 is 23.8 Å². The van der Waals surface area contributed by atoms with Gasteiger partial charge in [0.15, 0.2) is 0 Å². The highest BCUT2D eigenvalue weighted by atomic mass is 16.3. The van der Waals surface area contributed by atoms with Crippen LogP contribution in [0.1, 0.15) is 0 Å². The highest BCUT2D eigenvalue weighted by molar-refractivity contribution is 6.02. The number of β-amino-alcohol motifs (C(OH)–C–C–N with tert-alkyl or cyclic N) is 1. The van der Waals surface area contributed by atoms with Gasteiger partial charge in [0.25, 0.3) is 5.91 Å². The van der Waals surface area contributed by atoms with Crippen molar-refractivity contribution in [3.8, 4) is 0 Å². The SMILES string of the molecule is O=C1NCC(O)C1C(=O)NNc1ccncc1. The molecule has 1 aromatic heterocycles. The van der Waals surface area contributed by atoms with E-state index in [2.05, 4.69) is 21.2 Å². The minimum absolute atomic E-state index is 0.103. The fraction of sp³-hybridized carbons (Fsp3) is 0.300. The number of aliphatic hydroxyl groups is 1. The largest absolute Gasteiger partial charge is 0.390 e. The van der Waals surface area contributed by atoms with Gasteiger partial charge in [-0.2, -0.15) is 0 Å². The third kappa shape index (κ3) is 2.51. The number of pyridine rings is 1. The van der Waals surface area contributed by atoms with E-state index in [0.717, 1.165) is 0 Å². The highest BCUT2D eigenvalue weighted by Crippen LogP contribution is 2.10. The summed E-state index contributed by atoms with van der Waals surface area (Å²) in [6.07, 6.45) is 2.14. The summed E-state index contributed by atoms with van der Waals surface area (Å²) in [6, 6.07) is 3.32. The Hall–Kier alpha value is -2.15. The molecule has 4 N–H and O–H groups in total. The van der Waals surface area contributed by atoms with E-state index >= 15 is 0 Å². The van der Waals surface area contributed by atoms with Crippen LogP contribution in [0.15, 0.2) is 24.5 Å². The Labute approximate surface area is 97.2 Å². The first kappa shape index (κ1) is 11.3. The molecular weight excluding hydrogens is 224 g/mol. The van der Waals surface area contributed by atoms with Crippen LogP contribution in [0, 0.1) is 5.92 Å². The molecule has 1 aliphatic rings. The van der Waals surface area contributed by atoms with Gasteiger partial charge in [-0.05, 0) is 12.1 Å². The number of hydrogen-bond donors (Lipinski definition) is 4. The minimum atomic E-state index is -1.07. The zero-order valence-corrected chi connectivity index (χ0v) is 8.88. The molecule has 1 saturated heterocycles. The summed E-state index contributed by atoms with van der Waals surface area (Å²) in [5.74, 6) is -2.10. The molecule has 0 aromatic carbocycles. The van der Waals surface area contributed by atoms with E-state index in [4.69, 9.17) is 0 Å². The van der Waals surface area contributed by atoms with E-state index in [-0.39, 0.29) is 6.54 Å². The summed E-state index contributed by atoms with van der Waals surface area (Å²) in [5, 5.41) is 11.9. The predicted molar refractivity (Wildman–Crippen MR) is 58.5 cm³/mol. The topological polar surface area (TPSA) is 103 Å². The second kappa shape index (κ2) is 4.79. The molecular formula is C10H12N4O3. The molecule has 0 radical (unpaired) electrons. The molecule has 2 rings (SSSR count). The Balaban J connectivity index is 1.91. The van der Waals surface area contributed by atoms with E-state index in [0.29, 0.717) is 5.69 Å². The lowest BCUT2D eigenvalue weighted by Crippen LogP contribution is -2.41. The molecule has 2 heterocycles. The maximum atomic E-state index is 11.6. The molecule has 2 unspecified atom stereocenters. The Bertz CT molecular complexity index is 423. The van der Waals surface area contributed by atoms with Crippen molar-refractivity contribution < 1.29 is 14.7 Å². The number of anilines is 1. The quantitative estimate of drug-likeness (QED) is 0.383. The van der Waals surface area contributed by atoms with Crippen LogP contribution >= 0.6 is 0 Å². The van der Waals surface area contributed by atoms with Crippen molar-refractivity contribution in [3.05, 3.63) is 24.5 Å². The summed E-state index contributed by atoms with van der Waals surface area (Å²) in [6.45, 7) is 0.103. The standard InChI is InChI=1S/C10H12N4O3/c15-7-5-12-9(16)8(7)10(17)14-13-6-1-3-11-4-2-6/h1-4,7-8,15H,5H2,(H,11,13)(H,12,16)(H,14,17). The normalized spacial score (nSPS) is 23.0. The minimum Gasteiger partial charge on any atom is -0.390 e. The van der Waals surface area contributed by atoms with E-state index in [9.17, 15) is 14.7 Å². The zero-order chi connectivity index (χ0) is 12.3. The molecule has 0 spiro atoms. The Morgan fingerprint density at radius 2 is 2.18 bits per heavy atom. The molecule has 0 bridgehead atoms. The monoisotopic (exact) mass is 236 g/mol. The second-order valence-corrected chi connectivity index (χ2v) is 3.64. The van der Waals surface area contributed by atoms with Gasteiger partial charge in [0.05, 0.1) is 11.8 Å². The summed E-state index contributed by atoms with van der Waals surface area (Å²) in [7, 11) is 0. The lowest BCUT2D eigenvalue weighted by atomic mass is 10.1. The smallest absolute Gasteiger partial charge is 0.253 e. The van der Waals surface area contributed by atoms with Crippen molar-refractivity contribution in [3.63, 3.8) is 0 Å². The third-order valence-corrected chi connectivity index (χ3v) is 2.45. The van der Waals surface area contributed by atoms with Crippen LogP contribution in [-0.4, -0.2) is 34.6 Å². The van der Waals surface area contributed by atoms with Gasteiger partial charge < -0.3 is 10.4 Å². The van der Waals surface area contributed by atoms with Crippen molar-refractivity contribution in [1.82, 2.24) is 15.7 Å². The molecule has 7 nitrogen and oxygen atoms in total. The number of amides is 2. The van der Waals surface area contributed by atoms with Gasteiger partial charge in [0.1, 0.15) is 5.92 Å². The van der Waals surface area contributed by atoms with Gasteiger partial charge in [0.2, 0.25) is 5.91 Å². The molecule has 90 valence electrons. The van der Waals surface area contributed by atoms with Crippen LogP contribution in [0.4, 0.5) is 5.69 Å². The molecule has 17 heavy (non-hydrogen) atoms. The average Bonchev–Trinajstić information content (AvgIpc) is 2.67. The van der Waals surface area contributed by atoms with Crippen molar-refractivity contribution in [1.29, 1.82) is 0 Å². The van der Waals surface area contributed by atoms with E-state index in [1.54, 1.807) is 24.5 Å². The van der Waals surface area contributed by atoms with Crippen LogP contribution in [0.2, 0.25) is 0 Å². The number of aliphatic hydroxyl groups excluding tert-OH is 1. The van der Waals surface area contributed by atoms with Gasteiger partial charge >= 0.3 is 0 Å². The summed E-state index contributed by atoms with van der Waals surface area (Å²) in [5.41, 5.74) is 5.64. The third-order valence-electron chi connectivity index (χ3n) is 2.45. The molecule has 1 aromatic rings. The Morgan fingerprint density at radius 3 is 2.76 bits per heavy atom. The summed E-state index contributed by atoms with van der Waals surface area (Å²) >= 11 is 0. The van der Waals surface area contributed by atoms with Crippen LogP contribution in [0.5, 0.6) is 0 Å². The highest BCUT2D eigenvalue weighted by Gasteiger charge is 2.39. The molecule has 7 heteroatoms. The number of carbonyl (C=O) groups is 2. The molecule has 1 aliphatic heterocycles. The maximum absolute atomic E-state index is 11.6. The second-order valence-electron chi connectivity index (χ2n) is 3.64. The number of hydrazine groups is 1. The van der Waals surface area contributed by atoms with Crippen LogP contribution in [-0.2, 0) is 9.59 Å². The lowest BCUT2D eigenvalue weighted by Gasteiger charge is -2.13. The Kier molecular flexibility index (Phi) is 3.20. The number of rotatable bonds is 3. The van der Waals surface area contributed by atoms with Crippen molar-refractivity contribution >= 4 is 17.5 Å². The van der Waals surface area contributed by atoms with Gasteiger partial charge in [-0.15, -0.1) is 0 Å². The fourth-order valence-electron chi connectivity index (χ4n) is 1.55. The zero-order valence-electron chi connectivity index (χ0n) is 8.88. The number of carbonyl (C=O) groups excluding carboxylic acids is 2. The number of aromatic nitrogens is 1. The van der Waals surface area contributed by atoms with Crippen molar-refractivity contribution in [2.24, 2.45) is 5.92 Å². The first-order chi connectivity index (χ1) is 8.18. The first-order valence-corrected chi connectivity index (χ1v) is 5.10. The van der Waals surface area contributed by atoms with Crippen molar-refractivity contribution in [2.45, 2.75) is 6.10 Å². The predicted octanol–water partition coefficient (Wildman–Crippen LogP) is -1.37. The Morgan fingerprint density at radius 1 is 1.47 bits per heavy atom. The van der Waals surface area contributed by atoms with E-state index in [1.807, 2.05) is 0 Å². The maximum Gasteiger partial charge on any atom is 0.253 e. The number of nitrogens with zero attached hydrogens (tertiary/aromatic N) is 1. The molecule has 0 saturated carbocycles. The van der Waals surface area contributed by atoms with Gasteiger partial charge in [-0.1, -0.05) is 0 Å². The fourth-order valence-corrected chi connectivity index (χ4v) is 1.55. The first-order valence-electron chi connectivity index (χ1n) is 5.10. The molecule has 0 aliphatic carbocycles. The van der Waals surface area contributed by atoms with Crippen LogP contribution in [0.25, 0.3) is 0 Å². The van der Waals surface area contributed by atoms with Gasteiger partial charge in [-0.25, -0.2) is 0 Å². The molecule has 2 atom stereocenters. The lowest BCUT2D eigenvalue weighted by molar-refractivity contribution is -0.135. The van der Waals surface area contributed by atoms with Crippen LogP contribution in [0.3, 0.4) is 0 Å². The van der Waals surface area contributed by atoms with E-state index in [1.165, 1.54) is 0 Å². The molecule has 2 amide bonds. The average molecular weight is 236 g/mol. The van der Waals surface area contributed by atoms with Gasteiger partial charge in [0, 0.05) is 18.9 Å². The summed E-state index contributed by atoms with van der Waals surface area (Å²) < 4.78 is 0. The molecule has 1 fully saturated rings.